The van der Waals surface area contributed by atoms with E-state index >= 15 is 0 Å². The fourth-order valence-electron chi connectivity index (χ4n) is 2.65. The predicted molar refractivity (Wildman–Crippen MR) is 84.4 cm³/mol. The normalized spacial score (nSPS) is 11.0. The van der Waals surface area contributed by atoms with Crippen molar-refractivity contribution in [1.82, 2.24) is 0 Å². The quantitative estimate of drug-likeness (QED) is 0.783. The highest BCUT2D eigenvalue weighted by molar-refractivity contribution is 5.82. The first-order valence-corrected chi connectivity index (χ1v) is 7.08. The van der Waals surface area contributed by atoms with Crippen LogP contribution >= 0.6 is 0 Å². The zero-order valence-corrected chi connectivity index (χ0v) is 12.3. The summed E-state index contributed by atoms with van der Waals surface area (Å²) in [5.74, 6) is 1.66. The molecule has 3 nitrogen and oxygen atoms in total. The van der Waals surface area contributed by atoms with Gasteiger partial charge >= 0.3 is 0 Å². The van der Waals surface area contributed by atoms with Crippen molar-refractivity contribution in [2.45, 2.75) is 27.0 Å². The van der Waals surface area contributed by atoms with Gasteiger partial charge < -0.3 is 14.9 Å². The number of furan rings is 1. The van der Waals surface area contributed by atoms with Gasteiger partial charge in [0.25, 0.3) is 0 Å². The molecule has 0 saturated carbocycles. The molecule has 108 valence electrons. The van der Waals surface area contributed by atoms with Crippen LogP contribution in [0.25, 0.3) is 11.0 Å². The smallest absolute Gasteiger partial charge is 0.147 e. The van der Waals surface area contributed by atoms with E-state index in [1.807, 2.05) is 36.4 Å². The van der Waals surface area contributed by atoms with Gasteiger partial charge in [0.1, 0.15) is 23.7 Å². The number of fused-ring (bicyclic) bond motifs is 1. The minimum Gasteiger partial charge on any atom is -0.486 e. The minimum absolute atomic E-state index is 0.393. The average molecular weight is 281 g/mol. The highest BCUT2D eigenvalue weighted by atomic mass is 16.5. The van der Waals surface area contributed by atoms with Crippen molar-refractivity contribution in [3.63, 3.8) is 0 Å². The summed E-state index contributed by atoms with van der Waals surface area (Å²) in [6.45, 7) is 4.96. The van der Waals surface area contributed by atoms with Crippen molar-refractivity contribution >= 4 is 11.0 Å². The number of ether oxygens (including phenoxy) is 1. The molecule has 0 saturated heterocycles. The molecular weight excluding hydrogens is 262 g/mol. The lowest BCUT2D eigenvalue weighted by atomic mass is 10.1. The Bertz CT molecular complexity index is 754. The Morgan fingerprint density at radius 1 is 1.05 bits per heavy atom. The highest BCUT2D eigenvalue weighted by Crippen LogP contribution is 2.27. The molecule has 0 aliphatic carbocycles. The monoisotopic (exact) mass is 281 g/mol. The molecule has 0 spiro atoms. The number of rotatable bonds is 4. The lowest BCUT2D eigenvalue weighted by Gasteiger charge is -2.07. The summed E-state index contributed by atoms with van der Waals surface area (Å²) in [5, 5.41) is 1.07. The lowest BCUT2D eigenvalue weighted by Crippen LogP contribution is -2.02. The van der Waals surface area contributed by atoms with Gasteiger partial charge in [-0.15, -0.1) is 0 Å². The molecule has 3 rings (SSSR count). The van der Waals surface area contributed by atoms with E-state index in [4.69, 9.17) is 14.9 Å². The van der Waals surface area contributed by atoms with Crippen LogP contribution in [0.4, 0.5) is 0 Å². The Labute approximate surface area is 124 Å². The number of benzene rings is 2. The second-order valence-corrected chi connectivity index (χ2v) is 5.32. The van der Waals surface area contributed by atoms with Gasteiger partial charge in [0, 0.05) is 17.5 Å². The Hall–Kier alpha value is -2.26. The molecule has 0 atom stereocenters. The molecule has 0 radical (unpaired) electrons. The van der Waals surface area contributed by atoms with E-state index in [1.165, 1.54) is 11.1 Å². The number of aryl methyl sites for hydroxylation is 2. The molecule has 0 bridgehead atoms. The summed E-state index contributed by atoms with van der Waals surface area (Å²) in [4.78, 5) is 0. The fraction of sp³-hybridized carbons (Fsp3) is 0.222. The van der Waals surface area contributed by atoms with Crippen LogP contribution in [0, 0.1) is 13.8 Å². The Morgan fingerprint density at radius 3 is 2.48 bits per heavy atom. The van der Waals surface area contributed by atoms with Gasteiger partial charge in [-0.2, -0.15) is 0 Å². The van der Waals surface area contributed by atoms with Crippen LogP contribution in [0.5, 0.6) is 5.75 Å². The van der Waals surface area contributed by atoms with Crippen molar-refractivity contribution in [1.29, 1.82) is 0 Å². The SMILES string of the molecule is Cc1cc(C)cc(OCc2oc3ccccc3c2CN)c1. The maximum absolute atomic E-state index is 5.88. The molecule has 0 amide bonds. The minimum atomic E-state index is 0.393. The zero-order valence-electron chi connectivity index (χ0n) is 12.3. The van der Waals surface area contributed by atoms with Gasteiger partial charge in [0.05, 0.1) is 0 Å². The van der Waals surface area contributed by atoms with E-state index in [-0.39, 0.29) is 0 Å². The molecule has 2 aromatic carbocycles. The molecule has 1 aromatic heterocycles. The van der Waals surface area contributed by atoms with Gasteiger partial charge in [0.15, 0.2) is 0 Å². The van der Waals surface area contributed by atoms with E-state index in [2.05, 4.69) is 19.9 Å². The van der Waals surface area contributed by atoms with E-state index < -0.39 is 0 Å². The van der Waals surface area contributed by atoms with E-state index in [0.717, 1.165) is 28.0 Å². The second-order valence-electron chi connectivity index (χ2n) is 5.32. The van der Waals surface area contributed by atoms with Crippen LogP contribution in [0.3, 0.4) is 0 Å². The Morgan fingerprint density at radius 2 is 1.76 bits per heavy atom. The third kappa shape index (κ3) is 2.78. The maximum atomic E-state index is 5.88. The van der Waals surface area contributed by atoms with Crippen LogP contribution in [-0.4, -0.2) is 0 Å². The van der Waals surface area contributed by atoms with Crippen molar-refractivity contribution in [3.8, 4) is 5.75 Å². The summed E-state index contributed by atoms with van der Waals surface area (Å²) in [5.41, 5.74) is 10.1. The van der Waals surface area contributed by atoms with Crippen LogP contribution in [0.1, 0.15) is 22.5 Å². The highest BCUT2D eigenvalue weighted by Gasteiger charge is 2.13. The topological polar surface area (TPSA) is 48.4 Å². The maximum Gasteiger partial charge on any atom is 0.147 e. The summed E-state index contributed by atoms with van der Waals surface area (Å²) >= 11 is 0. The van der Waals surface area contributed by atoms with Gasteiger partial charge in [-0.1, -0.05) is 24.3 Å². The Balaban J connectivity index is 1.88. The van der Waals surface area contributed by atoms with E-state index in [9.17, 15) is 0 Å². The molecule has 21 heavy (non-hydrogen) atoms. The molecule has 0 fully saturated rings. The van der Waals surface area contributed by atoms with Crippen LogP contribution in [-0.2, 0) is 13.2 Å². The first kappa shape index (κ1) is 13.7. The van der Waals surface area contributed by atoms with Crippen molar-refractivity contribution in [2.24, 2.45) is 5.73 Å². The fourth-order valence-corrected chi connectivity index (χ4v) is 2.65. The van der Waals surface area contributed by atoms with Crippen molar-refractivity contribution < 1.29 is 9.15 Å². The number of para-hydroxylation sites is 1. The standard InChI is InChI=1S/C18H19NO2/c1-12-7-13(2)9-14(8-12)20-11-18-16(10-19)15-5-3-4-6-17(15)21-18/h3-9H,10-11,19H2,1-2H3. The molecule has 3 heteroatoms. The van der Waals surface area contributed by atoms with Crippen LogP contribution in [0.2, 0.25) is 0 Å². The number of nitrogens with two attached hydrogens (primary N) is 1. The summed E-state index contributed by atoms with van der Waals surface area (Å²) in [6, 6.07) is 14.1. The molecule has 0 aliphatic rings. The molecule has 2 N–H and O–H groups in total. The van der Waals surface area contributed by atoms with Crippen LogP contribution in [0.15, 0.2) is 46.9 Å². The zero-order chi connectivity index (χ0) is 14.8. The largest absolute Gasteiger partial charge is 0.486 e. The summed E-state index contributed by atoms with van der Waals surface area (Å²) < 4.78 is 11.7. The molecule has 1 heterocycles. The molecular formula is C18H19NO2. The second kappa shape index (κ2) is 5.62. The summed E-state index contributed by atoms with van der Waals surface area (Å²) in [6.07, 6.45) is 0. The summed E-state index contributed by atoms with van der Waals surface area (Å²) in [7, 11) is 0. The average Bonchev–Trinajstić information content (AvgIpc) is 2.81. The van der Waals surface area contributed by atoms with Gasteiger partial charge in [0.2, 0.25) is 0 Å². The number of hydrogen-bond acceptors (Lipinski definition) is 3. The molecule has 0 aliphatic heterocycles. The Kier molecular flexibility index (Phi) is 3.67. The first-order chi connectivity index (χ1) is 10.2. The van der Waals surface area contributed by atoms with E-state index in [0.29, 0.717) is 13.2 Å². The third-order valence-electron chi connectivity index (χ3n) is 3.55. The third-order valence-corrected chi connectivity index (χ3v) is 3.55. The van der Waals surface area contributed by atoms with E-state index in [1.54, 1.807) is 0 Å². The van der Waals surface area contributed by atoms with Crippen molar-refractivity contribution in [3.05, 3.63) is 64.9 Å². The lowest BCUT2D eigenvalue weighted by molar-refractivity contribution is 0.272. The van der Waals surface area contributed by atoms with Crippen LogP contribution < -0.4 is 10.5 Å². The number of hydrogen-bond donors (Lipinski definition) is 1. The van der Waals surface area contributed by atoms with Crippen molar-refractivity contribution in [2.75, 3.05) is 0 Å². The predicted octanol–water partition coefficient (Wildman–Crippen LogP) is 4.09. The van der Waals surface area contributed by atoms with Gasteiger partial charge in [-0.25, -0.2) is 0 Å². The molecule has 3 aromatic rings. The molecule has 0 unspecified atom stereocenters. The van der Waals surface area contributed by atoms with Gasteiger partial charge in [-0.3, -0.25) is 0 Å². The van der Waals surface area contributed by atoms with Gasteiger partial charge in [-0.05, 0) is 43.2 Å². The first-order valence-electron chi connectivity index (χ1n) is 7.08.